The largest absolute Gasteiger partial charge is 0.494 e. The van der Waals surface area contributed by atoms with E-state index in [4.69, 9.17) is 9.47 Å². The molecule has 0 saturated carbocycles. The van der Waals surface area contributed by atoms with Crippen molar-refractivity contribution < 1.29 is 27.8 Å². The third-order valence-electron chi connectivity index (χ3n) is 4.45. The Labute approximate surface area is 161 Å². The SMILES string of the molecule is CC1CCC(C(=O)Nc2cnc3c(c2)OCC3)O1.COc1cccc(F)c1F. The minimum Gasteiger partial charge on any atom is -0.494 e. The number of hydrogen-bond donors (Lipinski definition) is 1. The van der Waals surface area contributed by atoms with E-state index in [1.165, 1.54) is 19.2 Å². The fourth-order valence-corrected chi connectivity index (χ4v) is 2.97. The molecule has 2 atom stereocenters. The molecule has 0 spiro atoms. The van der Waals surface area contributed by atoms with Gasteiger partial charge in [0.1, 0.15) is 11.9 Å². The second-order valence-electron chi connectivity index (χ2n) is 6.53. The highest BCUT2D eigenvalue weighted by Gasteiger charge is 2.28. The van der Waals surface area contributed by atoms with Crippen LogP contribution in [0.15, 0.2) is 30.5 Å². The Morgan fingerprint density at radius 2 is 2.14 bits per heavy atom. The summed E-state index contributed by atoms with van der Waals surface area (Å²) in [5.41, 5.74) is 1.63. The Balaban J connectivity index is 0.000000192. The van der Waals surface area contributed by atoms with Crippen LogP contribution >= 0.6 is 0 Å². The summed E-state index contributed by atoms with van der Waals surface area (Å²) in [5, 5.41) is 2.83. The van der Waals surface area contributed by atoms with Crippen molar-refractivity contribution in [3.63, 3.8) is 0 Å². The molecular formula is C20H22F2N2O4. The van der Waals surface area contributed by atoms with Crippen LogP contribution in [0, 0.1) is 11.6 Å². The van der Waals surface area contributed by atoms with Crippen LogP contribution in [0.1, 0.15) is 25.5 Å². The number of benzene rings is 1. The maximum Gasteiger partial charge on any atom is 0.253 e. The predicted molar refractivity (Wildman–Crippen MR) is 98.5 cm³/mol. The van der Waals surface area contributed by atoms with Gasteiger partial charge < -0.3 is 19.5 Å². The Morgan fingerprint density at radius 3 is 2.82 bits per heavy atom. The summed E-state index contributed by atoms with van der Waals surface area (Å²) >= 11 is 0. The lowest BCUT2D eigenvalue weighted by Gasteiger charge is -2.12. The summed E-state index contributed by atoms with van der Waals surface area (Å²) < 4.78 is 40.3. The van der Waals surface area contributed by atoms with Gasteiger partial charge in [0.2, 0.25) is 5.82 Å². The summed E-state index contributed by atoms with van der Waals surface area (Å²) in [6.07, 6.45) is 4.05. The van der Waals surface area contributed by atoms with Gasteiger partial charge in [-0.15, -0.1) is 0 Å². The molecule has 4 rings (SSSR count). The van der Waals surface area contributed by atoms with Crippen molar-refractivity contribution in [2.24, 2.45) is 0 Å². The van der Waals surface area contributed by atoms with E-state index >= 15 is 0 Å². The molecule has 2 aromatic rings. The van der Waals surface area contributed by atoms with Crippen LogP contribution in [0.25, 0.3) is 0 Å². The van der Waals surface area contributed by atoms with Crippen LogP contribution in [0.2, 0.25) is 0 Å². The Bertz CT molecular complexity index is 847. The number of methoxy groups -OCH3 is 1. The monoisotopic (exact) mass is 392 g/mol. The summed E-state index contributed by atoms with van der Waals surface area (Å²) in [6, 6.07) is 5.61. The van der Waals surface area contributed by atoms with Gasteiger partial charge in [-0.3, -0.25) is 9.78 Å². The van der Waals surface area contributed by atoms with Crippen molar-refractivity contribution in [2.45, 2.75) is 38.4 Å². The molecule has 2 aliphatic heterocycles. The van der Waals surface area contributed by atoms with Crippen LogP contribution in [0.3, 0.4) is 0 Å². The first-order valence-corrected chi connectivity index (χ1v) is 9.04. The topological polar surface area (TPSA) is 69.7 Å². The average molecular weight is 392 g/mol. The van der Waals surface area contributed by atoms with Crippen LogP contribution in [0.5, 0.6) is 11.5 Å². The van der Waals surface area contributed by atoms with Crippen molar-refractivity contribution in [2.75, 3.05) is 19.0 Å². The molecule has 1 saturated heterocycles. The van der Waals surface area contributed by atoms with Crippen LogP contribution in [-0.2, 0) is 16.0 Å². The number of halogens is 2. The van der Waals surface area contributed by atoms with E-state index in [0.717, 1.165) is 36.8 Å². The maximum atomic E-state index is 12.5. The van der Waals surface area contributed by atoms with Crippen molar-refractivity contribution in [1.29, 1.82) is 0 Å². The average Bonchev–Trinajstić information content (AvgIpc) is 3.33. The van der Waals surface area contributed by atoms with Crippen LogP contribution < -0.4 is 14.8 Å². The number of ether oxygens (including phenoxy) is 3. The molecule has 3 heterocycles. The fourth-order valence-electron chi connectivity index (χ4n) is 2.97. The van der Waals surface area contributed by atoms with Gasteiger partial charge in [0.05, 0.1) is 37.4 Å². The lowest BCUT2D eigenvalue weighted by Crippen LogP contribution is -2.27. The number of nitrogens with zero attached hydrogens (tertiary/aromatic N) is 1. The summed E-state index contributed by atoms with van der Waals surface area (Å²) in [5.74, 6) is -1.23. The number of carbonyl (C=O) groups excluding carboxylic acids is 1. The van der Waals surface area contributed by atoms with E-state index in [1.807, 2.05) is 13.0 Å². The minimum absolute atomic E-state index is 0.0694. The van der Waals surface area contributed by atoms with E-state index < -0.39 is 11.6 Å². The number of carbonyl (C=O) groups is 1. The molecule has 2 unspecified atom stereocenters. The standard InChI is InChI=1S/C13H16N2O3.C7H6F2O/c1-8-2-3-11(18-8)13(16)15-9-6-12-10(14-7-9)4-5-17-12;1-10-6-4-2-3-5(8)7(6)9/h6-8,11H,2-5H2,1H3,(H,15,16);2-4H,1H3. The molecule has 2 aliphatic rings. The lowest BCUT2D eigenvalue weighted by molar-refractivity contribution is -0.126. The molecule has 0 radical (unpaired) electrons. The number of aromatic nitrogens is 1. The van der Waals surface area contributed by atoms with E-state index in [1.54, 1.807) is 6.20 Å². The third kappa shape index (κ3) is 4.75. The molecule has 150 valence electrons. The zero-order valence-electron chi connectivity index (χ0n) is 15.7. The van der Waals surface area contributed by atoms with Crippen LogP contribution in [0.4, 0.5) is 14.5 Å². The second kappa shape index (κ2) is 8.97. The number of rotatable bonds is 3. The lowest BCUT2D eigenvalue weighted by atomic mass is 10.2. The van der Waals surface area contributed by atoms with E-state index in [0.29, 0.717) is 12.3 Å². The van der Waals surface area contributed by atoms with Gasteiger partial charge in [0.25, 0.3) is 5.91 Å². The smallest absolute Gasteiger partial charge is 0.253 e. The number of anilines is 1. The van der Waals surface area contributed by atoms with Gasteiger partial charge in [-0.2, -0.15) is 4.39 Å². The van der Waals surface area contributed by atoms with Gasteiger partial charge >= 0.3 is 0 Å². The zero-order valence-corrected chi connectivity index (χ0v) is 15.7. The molecule has 1 amide bonds. The highest BCUT2D eigenvalue weighted by Crippen LogP contribution is 2.27. The van der Waals surface area contributed by atoms with Crippen molar-refractivity contribution in [3.05, 3.63) is 47.8 Å². The third-order valence-corrected chi connectivity index (χ3v) is 4.45. The van der Waals surface area contributed by atoms with Crippen molar-refractivity contribution in [3.8, 4) is 11.5 Å². The first-order chi connectivity index (χ1) is 13.5. The Hall–Kier alpha value is -2.74. The molecule has 28 heavy (non-hydrogen) atoms. The van der Waals surface area contributed by atoms with Crippen molar-refractivity contribution >= 4 is 11.6 Å². The molecule has 1 aromatic carbocycles. The molecule has 1 fully saturated rings. The second-order valence-corrected chi connectivity index (χ2v) is 6.53. The van der Waals surface area contributed by atoms with Crippen molar-refractivity contribution in [1.82, 2.24) is 4.98 Å². The van der Waals surface area contributed by atoms with Gasteiger partial charge in [-0.1, -0.05) is 6.07 Å². The number of hydrogen-bond acceptors (Lipinski definition) is 5. The van der Waals surface area contributed by atoms with Crippen LogP contribution in [-0.4, -0.2) is 36.8 Å². The number of nitrogens with one attached hydrogen (secondary N) is 1. The highest BCUT2D eigenvalue weighted by molar-refractivity contribution is 5.94. The Morgan fingerprint density at radius 1 is 1.32 bits per heavy atom. The Kier molecular flexibility index (Phi) is 6.41. The molecule has 6 nitrogen and oxygen atoms in total. The van der Waals surface area contributed by atoms with Gasteiger partial charge in [0.15, 0.2) is 11.6 Å². The molecule has 1 N–H and O–H groups in total. The fraction of sp³-hybridized carbons (Fsp3) is 0.400. The molecule has 0 bridgehead atoms. The number of fused-ring (bicyclic) bond motifs is 1. The number of amides is 1. The minimum atomic E-state index is -0.940. The quantitative estimate of drug-likeness (QED) is 0.866. The zero-order chi connectivity index (χ0) is 20.1. The first kappa shape index (κ1) is 20.0. The molecular weight excluding hydrogens is 370 g/mol. The normalized spacial score (nSPS) is 19.9. The number of pyridine rings is 1. The summed E-state index contributed by atoms with van der Waals surface area (Å²) in [7, 11) is 1.29. The summed E-state index contributed by atoms with van der Waals surface area (Å²) in [4.78, 5) is 16.2. The van der Waals surface area contributed by atoms with E-state index in [-0.39, 0.29) is 23.9 Å². The van der Waals surface area contributed by atoms with E-state index in [9.17, 15) is 13.6 Å². The summed E-state index contributed by atoms with van der Waals surface area (Å²) in [6.45, 7) is 2.65. The van der Waals surface area contributed by atoms with Gasteiger partial charge in [-0.25, -0.2) is 4.39 Å². The molecule has 8 heteroatoms. The van der Waals surface area contributed by atoms with Gasteiger partial charge in [0, 0.05) is 12.5 Å². The molecule has 0 aliphatic carbocycles. The first-order valence-electron chi connectivity index (χ1n) is 9.04. The predicted octanol–water partition coefficient (Wildman–Crippen LogP) is 3.50. The molecule has 1 aromatic heterocycles. The van der Waals surface area contributed by atoms with Gasteiger partial charge in [-0.05, 0) is 31.9 Å². The van der Waals surface area contributed by atoms with E-state index in [2.05, 4.69) is 15.0 Å². The highest BCUT2D eigenvalue weighted by atomic mass is 19.2. The maximum absolute atomic E-state index is 12.5.